The summed E-state index contributed by atoms with van der Waals surface area (Å²) in [5.74, 6) is -0.249. The molecule has 1 heterocycles. The molecule has 0 aliphatic rings. The fourth-order valence-electron chi connectivity index (χ4n) is 2.02. The van der Waals surface area contributed by atoms with Crippen molar-refractivity contribution < 1.29 is 4.39 Å². The van der Waals surface area contributed by atoms with E-state index in [4.69, 9.17) is 0 Å². The van der Waals surface area contributed by atoms with Gasteiger partial charge in [-0.3, -0.25) is 4.98 Å². The third kappa shape index (κ3) is 3.39. The first-order chi connectivity index (χ1) is 8.44. The molecule has 0 bridgehead atoms. The van der Waals surface area contributed by atoms with E-state index in [9.17, 15) is 4.39 Å². The van der Waals surface area contributed by atoms with Gasteiger partial charge in [0.05, 0.1) is 5.69 Å². The van der Waals surface area contributed by atoms with Gasteiger partial charge >= 0.3 is 0 Å². The van der Waals surface area contributed by atoms with Crippen molar-refractivity contribution in [2.45, 2.75) is 27.2 Å². The van der Waals surface area contributed by atoms with Crippen molar-refractivity contribution in [3.63, 3.8) is 0 Å². The molecule has 1 aromatic carbocycles. The average Bonchev–Trinajstić information content (AvgIpc) is 2.27. The highest BCUT2D eigenvalue weighted by atomic mass is 19.1. The van der Waals surface area contributed by atoms with Gasteiger partial charge in [0.15, 0.2) is 0 Å². The van der Waals surface area contributed by atoms with Crippen molar-refractivity contribution in [1.82, 2.24) is 4.98 Å². The molecule has 0 saturated carbocycles. The van der Waals surface area contributed by atoms with Crippen molar-refractivity contribution >= 4 is 0 Å². The highest BCUT2D eigenvalue weighted by molar-refractivity contribution is 5.59. The number of aromatic nitrogens is 1. The summed E-state index contributed by atoms with van der Waals surface area (Å²) in [6, 6.07) is 11.0. The van der Waals surface area contributed by atoms with Crippen LogP contribution in [0.15, 0.2) is 42.6 Å². The Morgan fingerprint density at radius 3 is 2.56 bits per heavy atom. The molecule has 0 amide bonds. The van der Waals surface area contributed by atoms with Gasteiger partial charge in [0, 0.05) is 17.8 Å². The molecule has 0 aliphatic heterocycles. The van der Waals surface area contributed by atoms with Gasteiger partial charge in [-0.05, 0) is 29.5 Å². The van der Waals surface area contributed by atoms with Gasteiger partial charge in [-0.2, -0.15) is 0 Å². The second-order valence-electron chi connectivity index (χ2n) is 5.80. The summed E-state index contributed by atoms with van der Waals surface area (Å²) < 4.78 is 13.2. The van der Waals surface area contributed by atoms with Crippen molar-refractivity contribution in [3.05, 3.63) is 54.0 Å². The normalized spacial score (nSPS) is 11.6. The molecular weight excluding hydrogens is 225 g/mol. The van der Waals surface area contributed by atoms with E-state index in [-0.39, 0.29) is 11.2 Å². The largest absolute Gasteiger partial charge is 0.256 e. The minimum absolute atomic E-state index is 0.244. The van der Waals surface area contributed by atoms with Gasteiger partial charge in [0.25, 0.3) is 0 Å². The van der Waals surface area contributed by atoms with Crippen molar-refractivity contribution in [1.29, 1.82) is 0 Å². The van der Waals surface area contributed by atoms with Crippen molar-refractivity contribution in [2.75, 3.05) is 0 Å². The molecule has 1 aromatic heterocycles. The lowest BCUT2D eigenvalue weighted by atomic mass is 9.87. The minimum atomic E-state index is -0.249. The number of rotatable bonds is 2. The van der Waals surface area contributed by atoms with E-state index in [1.165, 1.54) is 23.9 Å². The molecule has 2 heteroatoms. The Hall–Kier alpha value is -1.70. The number of benzene rings is 1. The fourth-order valence-corrected chi connectivity index (χ4v) is 2.02. The predicted molar refractivity (Wildman–Crippen MR) is 72.8 cm³/mol. The first-order valence-electron chi connectivity index (χ1n) is 6.15. The molecular formula is C16H18FN. The second-order valence-corrected chi connectivity index (χ2v) is 5.80. The van der Waals surface area contributed by atoms with Gasteiger partial charge in [-0.25, -0.2) is 4.39 Å². The first kappa shape index (κ1) is 12.7. The maximum atomic E-state index is 13.2. The average molecular weight is 243 g/mol. The molecule has 0 unspecified atom stereocenters. The van der Waals surface area contributed by atoms with E-state index < -0.39 is 0 Å². The molecule has 2 rings (SSSR count). The Bertz CT molecular complexity index is 541. The van der Waals surface area contributed by atoms with Crippen molar-refractivity contribution in [3.8, 4) is 11.3 Å². The number of hydrogen-bond acceptors (Lipinski definition) is 1. The summed E-state index contributed by atoms with van der Waals surface area (Å²) in [6.07, 6.45) is 2.50. The van der Waals surface area contributed by atoms with Crippen LogP contribution in [0.4, 0.5) is 4.39 Å². The lowest BCUT2D eigenvalue weighted by Crippen LogP contribution is -2.09. The highest BCUT2D eigenvalue weighted by Gasteiger charge is 2.11. The third-order valence-electron chi connectivity index (χ3n) is 2.68. The van der Waals surface area contributed by atoms with Crippen LogP contribution in [0.3, 0.4) is 0 Å². The third-order valence-corrected chi connectivity index (χ3v) is 2.68. The summed E-state index contributed by atoms with van der Waals surface area (Å²) in [6.45, 7) is 6.63. The molecule has 0 spiro atoms. The van der Waals surface area contributed by atoms with Crippen LogP contribution in [0.1, 0.15) is 26.3 Å². The van der Waals surface area contributed by atoms with Crippen LogP contribution in [-0.2, 0) is 6.42 Å². The Morgan fingerprint density at radius 2 is 1.89 bits per heavy atom. The molecule has 0 radical (unpaired) electrons. The maximum Gasteiger partial charge on any atom is 0.126 e. The summed E-state index contributed by atoms with van der Waals surface area (Å²) in [5, 5.41) is 0. The zero-order chi connectivity index (χ0) is 13.2. The van der Waals surface area contributed by atoms with E-state index in [0.29, 0.717) is 5.69 Å². The lowest BCUT2D eigenvalue weighted by Gasteiger charge is -2.18. The fraction of sp³-hybridized carbons (Fsp3) is 0.312. The Kier molecular flexibility index (Phi) is 3.46. The molecule has 0 atom stereocenters. The highest BCUT2D eigenvalue weighted by Crippen LogP contribution is 2.24. The van der Waals surface area contributed by atoms with Gasteiger partial charge in [0.2, 0.25) is 0 Å². The lowest BCUT2D eigenvalue weighted by molar-refractivity contribution is 0.411. The van der Waals surface area contributed by atoms with E-state index in [0.717, 1.165) is 12.0 Å². The molecule has 0 fully saturated rings. The molecule has 94 valence electrons. The van der Waals surface area contributed by atoms with E-state index >= 15 is 0 Å². The van der Waals surface area contributed by atoms with E-state index in [2.05, 4.69) is 37.9 Å². The summed E-state index contributed by atoms with van der Waals surface area (Å²) in [7, 11) is 0. The maximum absolute atomic E-state index is 13.2. The number of nitrogens with zero attached hydrogens (tertiary/aromatic N) is 1. The molecule has 18 heavy (non-hydrogen) atoms. The van der Waals surface area contributed by atoms with Crippen LogP contribution in [-0.4, -0.2) is 4.98 Å². The number of halogens is 1. The standard InChI is InChI=1S/C16H18FN/c1-16(2,3)11-12-5-4-6-13(9-12)15-10-14(17)7-8-18-15/h4-10H,11H2,1-3H3. The monoisotopic (exact) mass is 243 g/mol. The smallest absolute Gasteiger partial charge is 0.126 e. The van der Waals surface area contributed by atoms with Crippen LogP contribution >= 0.6 is 0 Å². The quantitative estimate of drug-likeness (QED) is 0.758. The molecule has 0 saturated heterocycles. The zero-order valence-electron chi connectivity index (χ0n) is 11.1. The van der Waals surface area contributed by atoms with Crippen LogP contribution in [0, 0.1) is 11.2 Å². The molecule has 1 nitrogen and oxygen atoms in total. The Morgan fingerprint density at radius 1 is 1.11 bits per heavy atom. The Balaban J connectivity index is 2.33. The summed E-state index contributed by atoms with van der Waals surface area (Å²) >= 11 is 0. The van der Waals surface area contributed by atoms with Crippen LogP contribution in [0.2, 0.25) is 0 Å². The Labute approximate surface area is 108 Å². The second kappa shape index (κ2) is 4.89. The summed E-state index contributed by atoms with van der Waals surface area (Å²) in [4.78, 5) is 4.21. The minimum Gasteiger partial charge on any atom is -0.256 e. The van der Waals surface area contributed by atoms with Gasteiger partial charge in [-0.15, -0.1) is 0 Å². The molecule has 2 aromatic rings. The van der Waals surface area contributed by atoms with E-state index in [1.807, 2.05) is 12.1 Å². The number of pyridine rings is 1. The zero-order valence-corrected chi connectivity index (χ0v) is 11.1. The van der Waals surface area contributed by atoms with Crippen LogP contribution in [0.5, 0.6) is 0 Å². The van der Waals surface area contributed by atoms with Crippen molar-refractivity contribution in [2.24, 2.45) is 5.41 Å². The topological polar surface area (TPSA) is 12.9 Å². The van der Waals surface area contributed by atoms with E-state index in [1.54, 1.807) is 0 Å². The van der Waals surface area contributed by atoms with Crippen LogP contribution in [0.25, 0.3) is 11.3 Å². The first-order valence-corrected chi connectivity index (χ1v) is 6.15. The van der Waals surface area contributed by atoms with Gasteiger partial charge in [0.1, 0.15) is 5.82 Å². The van der Waals surface area contributed by atoms with Crippen LogP contribution < -0.4 is 0 Å². The molecule has 0 N–H and O–H groups in total. The number of hydrogen-bond donors (Lipinski definition) is 0. The predicted octanol–water partition coefficient (Wildman–Crippen LogP) is 4.48. The summed E-state index contributed by atoms with van der Waals surface area (Å²) in [5.41, 5.74) is 3.15. The van der Waals surface area contributed by atoms with Gasteiger partial charge in [-0.1, -0.05) is 39.0 Å². The SMILES string of the molecule is CC(C)(C)Cc1cccc(-c2cc(F)ccn2)c1. The van der Waals surface area contributed by atoms with Gasteiger partial charge < -0.3 is 0 Å². The molecule has 0 aliphatic carbocycles.